The van der Waals surface area contributed by atoms with Gasteiger partial charge in [0.1, 0.15) is 6.17 Å². The van der Waals surface area contributed by atoms with E-state index in [1.165, 1.54) is 10.4 Å². The fourth-order valence-corrected chi connectivity index (χ4v) is 4.62. The number of anilines is 2. The van der Waals surface area contributed by atoms with Gasteiger partial charge >= 0.3 is 0 Å². The zero-order valence-corrected chi connectivity index (χ0v) is 15.9. The van der Waals surface area contributed by atoms with Gasteiger partial charge in [-0.25, -0.2) is 0 Å². The van der Waals surface area contributed by atoms with Gasteiger partial charge in [-0.05, 0) is 42.0 Å². The average molecular weight is 382 g/mol. The fraction of sp³-hybridized carbons (Fsp3) is 0.0417. The Morgan fingerprint density at radius 3 is 2.21 bits per heavy atom. The predicted octanol–water partition coefficient (Wildman–Crippen LogP) is 6.19. The van der Waals surface area contributed by atoms with E-state index in [-0.39, 0.29) is 12.1 Å². The minimum absolute atomic E-state index is 0.0141. The highest BCUT2D eigenvalue weighted by Gasteiger charge is 2.34. The normalized spacial score (nSPS) is 15.8. The van der Waals surface area contributed by atoms with E-state index in [4.69, 9.17) is 0 Å². The Morgan fingerprint density at radius 1 is 0.750 bits per heavy atom. The number of benzene rings is 3. The molecule has 1 N–H and O–H groups in total. The Labute approximate surface area is 167 Å². The second-order valence-electron chi connectivity index (χ2n) is 6.67. The van der Waals surface area contributed by atoms with Crippen molar-refractivity contribution in [2.24, 2.45) is 0 Å². The third-order valence-electron chi connectivity index (χ3n) is 4.92. The summed E-state index contributed by atoms with van der Waals surface area (Å²) >= 11 is 1.71. The zero-order chi connectivity index (χ0) is 18.9. The summed E-state index contributed by atoms with van der Waals surface area (Å²) in [7, 11) is 0. The third kappa shape index (κ3) is 2.88. The van der Waals surface area contributed by atoms with Crippen molar-refractivity contribution in [2.45, 2.75) is 6.17 Å². The van der Waals surface area contributed by atoms with Crippen LogP contribution in [-0.4, -0.2) is 5.91 Å². The average Bonchev–Trinajstić information content (AvgIpc) is 3.25. The molecule has 0 aliphatic carbocycles. The number of para-hydroxylation sites is 2. The van der Waals surface area contributed by atoms with Crippen molar-refractivity contribution in [2.75, 3.05) is 10.2 Å². The Hall–Kier alpha value is -3.37. The molecule has 0 saturated heterocycles. The Bertz CT molecular complexity index is 1120. The maximum atomic E-state index is 13.4. The van der Waals surface area contributed by atoms with Gasteiger partial charge in [-0.1, -0.05) is 60.7 Å². The number of fused-ring (bicyclic) bond motifs is 1. The summed E-state index contributed by atoms with van der Waals surface area (Å²) in [5.74, 6) is 0.0141. The molecule has 0 bridgehead atoms. The molecule has 3 nitrogen and oxygen atoms in total. The molecule has 4 heteroatoms. The summed E-state index contributed by atoms with van der Waals surface area (Å²) in [6.07, 6.45) is -0.243. The van der Waals surface area contributed by atoms with Crippen LogP contribution in [-0.2, 0) is 0 Å². The number of nitrogens with one attached hydrogen (secondary N) is 1. The smallest absolute Gasteiger partial charge is 0.262 e. The summed E-state index contributed by atoms with van der Waals surface area (Å²) < 4.78 is 0. The fourth-order valence-electron chi connectivity index (χ4n) is 3.56. The van der Waals surface area contributed by atoms with Crippen LogP contribution in [0.15, 0.2) is 97.1 Å². The highest BCUT2D eigenvalue weighted by molar-refractivity contribution is 7.15. The molecule has 28 heavy (non-hydrogen) atoms. The second kappa shape index (κ2) is 6.98. The largest absolute Gasteiger partial charge is 0.360 e. The number of rotatable bonds is 3. The Kier molecular flexibility index (Phi) is 4.18. The quantitative estimate of drug-likeness (QED) is 0.458. The summed E-state index contributed by atoms with van der Waals surface area (Å²) in [6.45, 7) is 0. The molecule has 1 aromatic heterocycles. The van der Waals surface area contributed by atoms with E-state index in [1.54, 1.807) is 11.3 Å². The van der Waals surface area contributed by atoms with Gasteiger partial charge in [0.15, 0.2) is 0 Å². The molecule has 1 unspecified atom stereocenters. The first-order chi connectivity index (χ1) is 13.8. The van der Waals surface area contributed by atoms with Gasteiger partial charge in [-0.3, -0.25) is 9.69 Å². The SMILES string of the molecule is O=C1c2ccccc2NC(c2ccc(-c3ccccc3)s2)N1c1ccccc1. The van der Waals surface area contributed by atoms with Crippen molar-refractivity contribution in [1.29, 1.82) is 0 Å². The summed E-state index contributed by atoms with van der Waals surface area (Å²) in [5, 5.41) is 3.57. The molecule has 2 heterocycles. The van der Waals surface area contributed by atoms with Gasteiger partial charge in [0.05, 0.1) is 5.56 Å². The molecule has 3 aromatic carbocycles. The molecule has 1 amide bonds. The number of hydrogen-bond acceptors (Lipinski definition) is 3. The molecule has 1 aliphatic rings. The van der Waals surface area contributed by atoms with Crippen molar-refractivity contribution in [1.82, 2.24) is 0 Å². The van der Waals surface area contributed by atoms with Crippen LogP contribution in [0.4, 0.5) is 11.4 Å². The maximum Gasteiger partial charge on any atom is 0.262 e. The van der Waals surface area contributed by atoms with E-state index in [2.05, 4.69) is 29.6 Å². The van der Waals surface area contributed by atoms with Crippen LogP contribution in [0.25, 0.3) is 10.4 Å². The topological polar surface area (TPSA) is 32.3 Å². The van der Waals surface area contributed by atoms with Gasteiger partial charge < -0.3 is 5.32 Å². The van der Waals surface area contributed by atoms with Crippen molar-refractivity contribution in [3.8, 4) is 10.4 Å². The molecule has 4 aromatic rings. The molecule has 5 rings (SSSR count). The molecule has 0 radical (unpaired) electrons. The molecule has 0 spiro atoms. The molecule has 0 fully saturated rings. The van der Waals surface area contributed by atoms with Crippen LogP contribution >= 0.6 is 11.3 Å². The van der Waals surface area contributed by atoms with Gasteiger partial charge in [-0.2, -0.15) is 0 Å². The summed E-state index contributed by atoms with van der Waals surface area (Å²) in [5.41, 5.74) is 3.64. The first-order valence-corrected chi connectivity index (χ1v) is 10.0. The minimum atomic E-state index is -0.243. The maximum absolute atomic E-state index is 13.4. The molecular weight excluding hydrogens is 364 g/mol. The zero-order valence-electron chi connectivity index (χ0n) is 15.1. The van der Waals surface area contributed by atoms with E-state index in [0.717, 1.165) is 16.3 Å². The van der Waals surface area contributed by atoms with Gasteiger partial charge in [-0.15, -0.1) is 11.3 Å². The van der Waals surface area contributed by atoms with Gasteiger partial charge in [0.25, 0.3) is 5.91 Å². The molecule has 136 valence electrons. The van der Waals surface area contributed by atoms with E-state index in [0.29, 0.717) is 5.56 Å². The Balaban J connectivity index is 1.60. The lowest BCUT2D eigenvalue weighted by atomic mass is 10.1. The summed E-state index contributed by atoms with van der Waals surface area (Å²) in [4.78, 5) is 17.5. The second-order valence-corrected chi connectivity index (χ2v) is 7.79. The number of carbonyl (C=O) groups is 1. The highest BCUT2D eigenvalue weighted by atomic mass is 32.1. The van der Waals surface area contributed by atoms with Crippen LogP contribution in [0.5, 0.6) is 0 Å². The molecule has 1 aliphatic heterocycles. The molecular formula is C24H18N2OS. The number of carbonyl (C=O) groups excluding carboxylic acids is 1. The minimum Gasteiger partial charge on any atom is -0.360 e. The van der Waals surface area contributed by atoms with Gasteiger partial charge in [0, 0.05) is 21.1 Å². The standard InChI is InChI=1S/C24H18N2OS/c27-24-19-13-7-8-14-20(19)25-23(26(24)18-11-5-2-6-12-18)22-16-15-21(28-22)17-9-3-1-4-10-17/h1-16,23,25H. The molecule has 0 saturated carbocycles. The van der Waals surface area contributed by atoms with Crippen molar-refractivity contribution >= 4 is 28.6 Å². The van der Waals surface area contributed by atoms with Crippen molar-refractivity contribution in [3.05, 3.63) is 108 Å². The van der Waals surface area contributed by atoms with Crippen LogP contribution in [0.3, 0.4) is 0 Å². The first kappa shape index (κ1) is 16.8. The lowest BCUT2D eigenvalue weighted by Crippen LogP contribution is -2.42. The van der Waals surface area contributed by atoms with Crippen molar-refractivity contribution in [3.63, 3.8) is 0 Å². The van der Waals surface area contributed by atoms with Crippen molar-refractivity contribution < 1.29 is 4.79 Å². The van der Waals surface area contributed by atoms with E-state index in [9.17, 15) is 4.79 Å². The van der Waals surface area contributed by atoms with Crippen LogP contribution in [0.2, 0.25) is 0 Å². The Morgan fingerprint density at radius 2 is 1.43 bits per heavy atom. The van der Waals surface area contributed by atoms with Crippen LogP contribution in [0, 0.1) is 0 Å². The lowest BCUT2D eigenvalue weighted by Gasteiger charge is -2.37. The van der Waals surface area contributed by atoms with Crippen LogP contribution < -0.4 is 10.2 Å². The predicted molar refractivity (Wildman–Crippen MR) is 116 cm³/mol. The van der Waals surface area contributed by atoms with E-state index >= 15 is 0 Å². The van der Waals surface area contributed by atoms with Gasteiger partial charge in [0.2, 0.25) is 0 Å². The van der Waals surface area contributed by atoms with E-state index < -0.39 is 0 Å². The summed E-state index contributed by atoms with van der Waals surface area (Å²) in [6, 6.07) is 32.1. The van der Waals surface area contributed by atoms with Crippen LogP contribution in [0.1, 0.15) is 21.4 Å². The highest BCUT2D eigenvalue weighted by Crippen LogP contribution is 2.40. The number of thiophene rings is 1. The monoisotopic (exact) mass is 382 g/mol. The number of amides is 1. The first-order valence-electron chi connectivity index (χ1n) is 9.20. The number of hydrogen-bond donors (Lipinski definition) is 1. The molecule has 1 atom stereocenters. The third-order valence-corrected chi connectivity index (χ3v) is 6.10. The lowest BCUT2D eigenvalue weighted by molar-refractivity contribution is 0.0975. The van der Waals surface area contributed by atoms with E-state index in [1.807, 2.05) is 77.7 Å². The number of nitrogens with zero attached hydrogens (tertiary/aromatic N) is 1.